The van der Waals surface area contributed by atoms with E-state index in [4.69, 9.17) is 9.15 Å². The Morgan fingerprint density at radius 2 is 2.03 bits per heavy atom. The van der Waals surface area contributed by atoms with Gasteiger partial charge in [0.1, 0.15) is 29.6 Å². The largest absolute Gasteiger partial charge is 0.474 e. The normalized spacial score (nSPS) is 25.0. The number of aromatic nitrogens is 3. The summed E-state index contributed by atoms with van der Waals surface area (Å²) in [6.45, 7) is 0. The summed E-state index contributed by atoms with van der Waals surface area (Å²) in [5.74, 6) is 1.32. The van der Waals surface area contributed by atoms with E-state index < -0.39 is 6.10 Å². The Hall–Kier alpha value is -2.03. The van der Waals surface area contributed by atoms with Crippen LogP contribution in [0.2, 0.25) is 0 Å². The van der Waals surface area contributed by atoms with Crippen LogP contribution in [0.4, 0.5) is 0 Å². The van der Waals surface area contributed by atoms with Gasteiger partial charge in [-0.2, -0.15) is 0 Å². The minimum Gasteiger partial charge on any atom is -0.474 e. The van der Waals surface area contributed by atoms with E-state index in [2.05, 4.69) is 33.9 Å². The number of aryl methyl sites for hydroxylation is 1. The van der Waals surface area contributed by atoms with Crippen LogP contribution in [0.3, 0.4) is 0 Å². The Bertz CT molecular complexity index is 995. The second-order valence-corrected chi connectivity index (χ2v) is 9.75. The number of aliphatic hydroxyl groups excluding tert-OH is 1. The first-order chi connectivity index (χ1) is 14.6. The van der Waals surface area contributed by atoms with E-state index in [1.54, 1.807) is 23.9 Å². The van der Waals surface area contributed by atoms with Crippen LogP contribution in [0.15, 0.2) is 23.2 Å². The Kier molecular flexibility index (Phi) is 5.47. The third-order valence-corrected chi connectivity index (χ3v) is 7.77. The third-order valence-electron chi connectivity index (χ3n) is 6.59. The molecule has 0 spiro atoms. The zero-order chi connectivity index (χ0) is 20.7. The Labute approximate surface area is 180 Å². The lowest BCUT2D eigenvalue weighted by atomic mass is 9.92. The molecule has 1 N–H and O–H groups in total. The molecule has 1 fully saturated rings. The number of nitrogens with zero attached hydrogens (tertiary/aromatic N) is 4. The molecule has 0 bridgehead atoms. The first-order valence-electron chi connectivity index (χ1n) is 10.8. The zero-order valence-electron chi connectivity index (χ0n) is 17.5. The van der Waals surface area contributed by atoms with E-state index in [1.807, 2.05) is 0 Å². The molecule has 3 aromatic rings. The van der Waals surface area contributed by atoms with Crippen molar-refractivity contribution >= 4 is 21.6 Å². The molecule has 3 aromatic heterocycles. The van der Waals surface area contributed by atoms with Crippen molar-refractivity contribution in [2.75, 3.05) is 14.1 Å². The molecular formula is C22H28N4O3S. The smallest absolute Gasteiger partial charge is 0.225 e. The molecule has 1 unspecified atom stereocenters. The molecular weight excluding hydrogens is 400 g/mol. The van der Waals surface area contributed by atoms with Gasteiger partial charge in [0, 0.05) is 10.9 Å². The second kappa shape index (κ2) is 8.24. The SMILES string of the molecule is CN(C)C1CCC(Oc2ncnc3sc4c(c23)[C@H](CC(O)c2ncco2)CC4)CC1. The quantitative estimate of drug-likeness (QED) is 0.633. The molecule has 0 aliphatic heterocycles. The molecule has 160 valence electrons. The average molecular weight is 429 g/mol. The van der Waals surface area contributed by atoms with E-state index >= 15 is 0 Å². The van der Waals surface area contributed by atoms with Gasteiger partial charge in [0.15, 0.2) is 0 Å². The number of fused-ring (bicyclic) bond motifs is 3. The maximum absolute atomic E-state index is 10.6. The fourth-order valence-corrected chi connectivity index (χ4v) is 6.20. The molecule has 0 saturated heterocycles. The highest BCUT2D eigenvalue weighted by atomic mass is 32.1. The topological polar surface area (TPSA) is 84.5 Å². The van der Waals surface area contributed by atoms with Gasteiger partial charge in [-0.15, -0.1) is 11.3 Å². The van der Waals surface area contributed by atoms with Gasteiger partial charge in [0.25, 0.3) is 0 Å². The number of aliphatic hydroxyl groups is 1. The molecule has 5 rings (SSSR count). The van der Waals surface area contributed by atoms with Crippen molar-refractivity contribution in [3.05, 3.63) is 35.1 Å². The van der Waals surface area contributed by atoms with Gasteiger partial charge in [-0.1, -0.05) is 0 Å². The molecule has 7 nitrogen and oxygen atoms in total. The van der Waals surface area contributed by atoms with Crippen LogP contribution in [-0.2, 0) is 6.42 Å². The van der Waals surface area contributed by atoms with Crippen LogP contribution in [-0.4, -0.2) is 51.2 Å². The minimum atomic E-state index is -0.707. The number of rotatable bonds is 6. The lowest BCUT2D eigenvalue weighted by molar-refractivity contribution is 0.108. The molecule has 0 amide bonds. The van der Waals surface area contributed by atoms with Crippen molar-refractivity contribution in [2.24, 2.45) is 0 Å². The predicted molar refractivity (Wildman–Crippen MR) is 115 cm³/mol. The molecule has 2 aliphatic rings. The van der Waals surface area contributed by atoms with Crippen LogP contribution in [0.5, 0.6) is 5.88 Å². The van der Waals surface area contributed by atoms with Crippen LogP contribution < -0.4 is 4.74 Å². The van der Waals surface area contributed by atoms with E-state index in [9.17, 15) is 5.11 Å². The molecule has 0 radical (unpaired) electrons. The van der Waals surface area contributed by atoms with E-state index in [0.717, 1.165) is 48.7 Å². The highest BCUT2D eigenvalue weighted by Gasteiger charge is 2.33. The average Bonchev–Trinajstić information content (AvgIpc) is 3.46. The summed E-state index contributed by atoms with van der Waals surface area (Å²) in [4.78, 5) is 17.8. The second-order valence-electron chi connectivity index (χ2n) is 8.67. The molecule has 2 aliphatic carbocycles. The molecule has 2 atom stereocenters. The van der Waals surface area contributed by atoms with Crippen molar-refractivity contribution < 1.29 is 14.3 Å². The van der Waals surface area contributed by atoms with Crippen LogP contribution in [0.1, 0.15) is 66.9 Å². The van der Waals surface area contributed by atoms with Gasteiger partial charge in [-0.05, 0) is 70.5 Å². The monoisotopic (exact) mass is 428 g/mol. The van der Waals surface area contributed by atoms with Crippen LogP contribution in [0, 0.1) is 0 Å². The van der Waals surface area contributed by atoms with Gasteiger partial charge in [-0.3, -0.25) is 0 Å². The van der Waals surface area contributed by atoms with Gasteiger partial charge in [0.2, 0.25) is 11.8 Å². The molecule has 30 heavy (non-hydrogen) atoms. The van der Waals surface area contributed by atoms with Crippen LogP contribution >= 0.6 is 11.3 Å². The van der Waals surface area contributed by atoms with Crippen molar-refractivity contribution in [3.63, 3.8) is 0 Å². The van der Waals surface area contributed by atoms with E-state index in [-0.39, 0.29) is 12.0 Å². The van der Waals surface area contributed by atoms with Crippen molar-refractivity contribution in [3.8, 4) is 5.88 Å². The highest BCUT2D eigenvalue weighted by Crippen LogP contribution is 2.48. The standard InChI is InChI=1S/C22H28N4O3S/c1-26(2)14-4-6-15(7-5-14)29-21-19-18-13(11-16(27)20-23-9-10-28-20)3-8-17(18)30-22(19)25-12-24-21/h9-10,12-16,27H,3-8,11H2,1-2H3/t13-,14?,15?,16?/m0/s1. The lowest BCUT2D eigenvalue weighted by Crippen LogP contribution is -2.35. The van der Waals surface area contributed by atoms with Gasteiger partial charge in [-0.25, -0.2) is 15.0 Å². The predicted octanol–water partition coefficient (Wildman–Crippen LogP) is 4.08. The minimum absolute atomic E-state index is 0.201. The number of oxazole rings is 1. The number of ether oxygens (including phenoxy) is 1. The summed E-state index contributed by atoms with van der Waals surface area (Å²) < 4.78 is 11.8. The summed E-state index contributed by atoms with van der Waals surface area (Å²) in [5, 5.41) is 11.6. The number of thiophene rings is 1. The summed E-state index contributed by atoms with van der Waals surface area (Å²) in [6.07, 6.45) is 11.2. The summed E-state index contributed by atoms with van der Waals surface area (Å²) in [6, 6.07) is 0.641. The van der Waals surface area contributed by atoms with Gasteiger partial charge >= 0.3 is 0 Å². The molecule has 1 saturated carbocycles. The maximum atomic E-state index is 10.6. The lowest BCUT2D eigenvalue weighted by Gasteiger charge is -2.32. The molecule has 8 heteroatoms. The van der Waals surface area contributed by atoms with Gasteiger partial charge < -0.3 is 19.2 Å². The summed E-state index contributed by atoms with van der Waals surface area (Å²) in [5.41, 5.74) is 1.26. The number of hydrogen-bond donors (Lipinski definition) is 1. The van der Waals surface area contributed by atoms with Crippen molar-refractivity contribution in [2.45, 2.75) is 69.1 Å². The van der Waals surface area contributed by atoms with Crippen LogP contribution in [0.25, 0.3) is 10.2 Å². The van der Waals surface area contributed by atoms with E-state index in [0.29, 0.717) is 24.2 Å². The Morgan fingerprint density at radius 3 is 2.77 bits per heavy atom. The first kappa shape index (κ1) is 19.9. The van der Waals surface area contributed by atoms with Crippen molar-refractivity contribution in [1.29, 1.82) is 0 Å². The summed E-state index contributed by atoms with van der Waals surface area (Å²) in [7, 11) is 4.31. The molecule has 3 heterocycles. The van der Waals surface area contributed by atoms with Gasteiger partial charge in [0.05, 0.1) is 11.6 Å². The molecule has 0 aromatic carbocycles. The first-order valence-corrected chi connectivity index (χ1v) is 11.6. The fourth-order valence-electron chi connectivity index (χ4n) is 4.97. The highest BCUT2D eigenvalue weighted by molar-refractivity contribution is 7.19. The maximum Gasteiger partial charge on any atom is 0.225 e. The fraction of sp³-hybridized carbons (Fsp3) is 0.591. The number of hydrogen-bond acceptors (Lipinski definition) is 8. The Balaban J connectivity index is 1.39. The third kappa shape index (κ3) is 3.72. The van der Waals surface area contributed by atoms with E-state index in [1.165, 1.54) is 16.7 Å². The Morgan fingerprint density at radius 1 is 1.20 bits per heavy atom. The van der Waals surface area contributed by atoms with Crippen molar-refractivity contribution in [1.82, 2.24) is 19.9 Å². The zero-order valence-corrected chi connectivity index (χ0v) is 18.3. The summed E-state index contributed by atoms with van der Waals surface area (Å²) >= 11 is 1.74.